The van der Waals surface area contributed by atoms with Crippen LogP contribution in [0.4, 0.5) is 16.3 Å². The summed E-state index contributed by atoms with van der Waals surface area (Å²) in [6, 6.07) is 26.5. The number of hydrogen-bond donors (Lipinski definition) is 1. The molecule has 0 unspecified atom stereocenters. The van der Waals surface area contributed by atoms with Crippen LogP contribution in [0.15, 0.2) is 84.9 Å². The van der Waals surface area contributed by atoms with E-state index in [1.807, 2.05) is 84.9 Å². The number of fused-ring (bicyclic) bond motifs is 1. The number of carbonyl (C=O) groups is 1. The number of para-hydroxylation sites is 1. The predicted octanol–water partition coefficient (Wildman–Crippen LogP) is 5.02. The molecule has 4 aromatic rings. The molecule has 37 heavy (non-hydrogen) atoms. The lowest BCUT2D eigenvalue weighted by Gasteiger charge is -2.35. The SMILES string of the molecule is O=C(Nc1ccc(Oc2ccccc2)cc1)N1CCN(c2ccc(-c3ccc4c(c3)OCO4)nn2)CC1. The van der Waals surface area contributed by atoms with Crippen molar-refractivity contribution < 1.29 is 19.0 Å². The lowest BCUT2D eigenvalue weighted by molar-refractivity contribution is 0.174. The largest absolute Gasteiger partial charge is 0.457 e. The Balaban J connectivity index is 1.01. The van der Waals surface area contributed by atoms with Gasteiger partial charge in [-0.05, 0) is 66.7 Å². The Morgan fingerprint density at radius 2 is 1.54 bits per heavy atom. The molecule has 186 valence electrons. The molecule has 3 heterocycles. The van der Waals surface area contributed by atoms with Gasteiger partial charge in [-0.25, -0.2) is 4.79 Å². The molecule has 0 saturated carbocycles. The summed E-state index contributed by atoms with van der Waals surface area (Å²) >= 11 is 0. The second-order valence-corrected chi connectivity index (χ2v) is 8.69. The number of urea groups is 1. The van der Waals surface area contributed by atoms with Crippen molar-refractivity contribution in [3.8, 4) is 34.3 Å². The van der Waals surface area contributed by atoms with Gasteiger partial charge in [-0.2, -0.15) is 0 Å². The fraction of sp³-hybridized carbons (Fsp3) is 0.179. The smallest absolute Gasteiger partial charge is 0.321 e. The first-order valence-corrected chi connectivity index (χ1v) is 12.1. The first kappa shape index (κ1) is 22.7. The lowest BCUT2D eigenvalue weighted by atomic mass is 10.1. The fourth-order valence-corrected chi connectivity index (χ4v) is 4.28. The number of aromatic nitrogens is 2. The Kier molecular flexibility index (Phi) is 6.16. The van der Waals surface area contributed by atoms with Crippen LogP contribution in [-0.2, 0) is 0 Å². The molecule has 1 saturated heterocycles. The Bertz CT molecular complexity index is 1370. The number of piperazine rings is 1. The Morgan fingerprint density at radius 3 is 2.30 bits per heavy atom. The van der Waals surface area contributed by atoms with E-state index < -0.39 is 0 Å². The average Bonchev–Trinajstić information content (AvgIpc) is 3.43. The minimum atomic E-state index is -0.124. The van der Waals surface area contributed by atoms with E-state index in [1.165, 1.54) is 0 Å². The number of nitrogens with one attached hydrogen (secondary N) is 1. The molecule has 1 fully saturated rings. The summed E-state index contributed by atoms with van der Waals surface area (Å²) in [5.74, 6) is 3.73. The third-order valence-electron chi connectivity index (χ3n) is 6.29. The van der Waals surface area contributed by atoms with Gasteiger partial charge in [0.25, 0.3) is 0 Å². The topological polar surface area (TPSA) is 89.1 Å². The maximum atomic E-state index is 12.8. The third-order valence-corrected chi connectivity index (χ3v) is 6.29. The number of hydrogen-bond acceptors (Lipinski definition) is 7. The van der Waals surface area contributed by atoms with Crippen LogP contribution in [-0.4, -0.2) is 54.1 Å². The van der Waals surface area contributed by atoms with Gasteiger partial charge < -0.3 is 29.3 Å². The summed E-state index contributed by atoms with van der Waals surface area (Å²) in [5, 5.41) is 11.8. The van der Waals surface area contributed by atoms with Gasteiger partial charge in [0, 0.05) is 37.4 Å². The first-order valence-electron chi connectivity index (χ1n) is 12.1. The van der Waals surface area contributed by atoms with E-state index >= 15 is 0 Å². The Morgan fingerprint density at radius 1 is 0.784 bits per heavy atom. The summed E-state index contributed by atoms with van der Waals surface area (Å²) < 4.78 is 16.6. The van der Waals surface area contributed by atoms with Crippen molar-refractivity contribution in [1.29, 1.82) is 0 Å². The fourth-order valence-electron chi connectivity index (χ4n) is 4.28. The molecule has 0 spiro atoms. The summed E-state index contributed by atoms with van der Waals surface area (Å²) in [6.07, 6.45) is 0. The summed E-state index contributed by atoms with van der Waals surface area (Å²) in [4.78, 5) is 16.7. The van der Waals surface area contributed by atoms with Crippen LogP contribution >= 0.6 is 0 Å². The zero-order chi connectivity index (χ0) is 25.0. The Hall–Kier alpha value is -4.79. The summed E-state index contributed by atoms with van der Waals surface area (Å²) in [6.45, 7) is 2.77. The van der Waals surface area contributed by atoms with Crippen molar-refractivity contribution >= 4 is 17.5 Å². The van der Waals surface area contributed by atoms with Gasteiger partial charge in [-0.3, -0.25) is 0 Å². The van der Waals surface area contributed by atoms with Crippen molar-refractivity contribution in [3.63, 3.8) is 0 Å². The highest BCUT2D eigenvalue weighted by atomic mass is 16.7. The summed E-state index contributed by atoms with van der Waals surface area (Å²) in [5.41, 5.74) is 2.41. The molecule has 3 aromatic carbocycles. The van der Waals surface area contributed by atoms with Gasteiger partial charge in [-0.15, -0.1) is 10.2 Å². The van der Waals surface area contributed by atoms with Gasteiger partial charge >= 0.3 is 6.03 Å². The van der Waals surface area contributed by atoms with Gasteiger partial charge in [0.2, 0.25) is 6.79 Å². The molecule has 0 atom stereocenters. The highest BCUT2D eigenvalue weighted by molar-refractivity contribution is 5.89. The van der Waals surface area contributed by atoms with E-state index in [1.54, 1.807) is 4.90 Å². The number of benzene rings is 3. The van der Waals surface area contributed by atoms with Crippen molar-refractivity contribution in [2.75, 3.05) is 43.2 Å². The number of anilines is 2. The van der Waals surface area contributed by atoms with Crippen LogP contribution in [0.3, 0.4) is 0 Å². The zero-order valence-corrected chi connectivity index (χ0v) is 20.0. The van der Waals surface area contributed by atoms with E-state index in [0.717, 1.165) is 34.3 Å². The van der Waals surface area contributed by atoms with Gasteiger partial charge in [0.15, 0.2) is 17.3 Å². The third kappa shape index (κ3) is 5.11. The van der Waals surface area contributed by atoms with Crippen molar-refractivity contribution in [2.45, 2.75) is 0 Å². The van der Waals surface area contributed by atoms with Crippen LogP contribution in [0, 0.1) is 0 Å². The van der Waals surface area contributed by atoms with E-state index in [0.29, 0.717) is 37.7 Å². The van der Waals surface area contributed by atoms with Crippen molar-refractivity contribution in [3.05, 3.63) is 84.9 Å². The second kappa shape index (κ2) is 10.1. The quantitative estimate of drug-likeness (QED) is 0.416. The van der Waals surface area contributed by atoms with Crippen LogP contribution in [0.2, 0.25) is 0 Å². The molecule has 0 bridgehead atoms. The van der Waals surface area contributed by atoms with E-state index in [9.17, 15) is 4.79 Å². The minimum Gasteiger partial charge on any atom is -0.457 e. The molecule has 2 aliphatic rings. The van der Waals surface area contributed by atoms with E-state index in [2.05, 4.69) is 20.4 Å². The molecule has 9 heteroatoms. The number of amides is 2. The van der Waals surface area contributed by atoms with Gasteiger partial charge in [0.05, 0.1) is 5.69 Å². The minimum absolute atomic E-state index is 0.124. The summed E-state index contributed by atoms with van der Waals surface area (Å²) in [7, 11) is 0. The van der Waals surface area contributed by atoms with Gasteiger partial charge in [0.1, 0.15) is 11.5 Å². The van der Waals surface area contributed by atoms with Crippen molar-refractivity contribution in [2.24, 2.45) is 0 Å². The van der Waals surface area contributed by atoms with E-state index in [-0.39, 0.29) is 12.8 Å². The number of nitrogens with zero attached hydrogens (tertiary/aromatic N) is 4. The average molecular weight is 496 g/mol. The highest BCUT2D eigenvalue weighted by Crippen LogP contribution is 2.35. The molecule has 0 aliphatic carbocycles. The standard InChI is InChI=1S/C28H25N5O4/c34-28(29-21-7-9-23(10-8-21)37-22-4-2-1-3-5-22)33-16-14-32(15-17-33)27-13-11-24(30-31-27)20-6-12-25-26(18-20)36-19-35-25/h1-13,18H,14-17,19H2,(H,29,34). The monoisotopic (exact) mass is 495 g/mol. The van der Waals surface area contributed by atoms with Gasteiger partial charge in [-0.1, -0.05) is 18.2 Å². The van der Waals surface area contributed by atoms with Crippen LogP contribution in [0.1, 0.15) is 0 Å². The molecule has 1 N–H and O–H groups in total. The first-order chi connectivity index (χ1) is 18.2. The Labute approximate surface area is 214 Å². The highest BCUT2D eigenvalue weighted by Gasteiger charge is 2.22. The second-order valence-electron chi connectivity index (χ2n) is 8.69. The van der Waals surface area contributed by atoms with Crippen molar-refractivity contribution in [1.82, 2.24) is 15.1 Å². The molecule has 9 nitrogen and oxygen atoms in total. The number of carbonyl (C=O) groups excluding carboxylic acids is 1. The van der Waals surface area contributed by atoms with Crippen LogP contribution in [0.25, 0.3) is 11.3 Å². The van der Waals surface area contributed by atoms with Crippen LogP contribution in [0.5, 0.6) is 23.0 Å². The lowest BCUT2D eigenvalue weighted by Crippen LogP contribution is -2.50. The maximum absolute atomic E-state index is 12.8. The van der Waals surface area contributed by atoms with E-state index in [4.69, 9.17) is 14.2 Å². The molecule has 2 aliphatic heterocycles. The predicted molar refractivity (Wildman–Crippen MR) is 139 cm³/mol. The molecular weight excluding hydrogens is 470 g/mol. The maximum Gasteiger partial charge on any atom is 0.321 e. The molecular formula is C28H25N5O4. The zero-order valence-electron chi connectivity index (χ0n) is 20.0. The molecule has 1 aromatic heterocycles. The molecule has 0 radical (unpaired) electrons. The number of ether oxygens (including phenoxy) is 3. The normalized spacial score (nSPS) is 14.4. The number of rotatable bonds is 5. The molecule has 2 amide bonds. The van der Waals surface area contributed by atoms with Crippen LogP contribution < -0.4 is 24.4 Å². The molecule has 6 rings (SSSR count).